The molecule has 1 aliphatic heterocycles. The van der Waals surface area contributed by atoms with E-state index >= 15 is 0 Å². The van der Waals surface area contributed by atoms with Crippen LogP contribution in [0.25, 0.3) is 11.5 Å². The van der Waals surface area contributed by atoms with Gasteiger partial charge in [0.2, 0.25) is 5.95 Å². The van der Waals surface area contributed by atoms with E-state index < -0.39 is 0 Å². The van der Waals surface area contributed by atoms with Crippen molar-refractivity contribution in [2.45, 2.75) is 24.8 Å². The fraction of sp³-hybridized carbons (Fsp3) is 0.286. The van der Waals surface area contributed by atoms with Gasteiger partial charge >= 0.3 is 0 Å². The first kappa shape index (κ1) is 18.5. The van der Waals surface area contributed by atoms with Crippen LogP contribution in [0, 0.1) is 0 Å². The van der Waals surface area contributed by atoms with Gasteiger partial charge in [-0.2, -0.15) is 15.4 Å². The van der Waals surface area contributed by atoms with E-state index in [1.165, 1.54) is 11.1 Å². The third-order valence-corrected chi connectivity index (χ3v) is 6.46. The molecule has 156 valence electrons. The maximum Gasteiger partial charge on any atom is 0.223 e. The number of nitrogens with one attached hydrogen (secondary N) is 3. The van der Waals surface area contributed by atoms with Crippen LogP contribution in [0.5, 0.6) is 0 Å². The summed E-state index contributed by atoms with van der Waals surface area (Å²) in [6.45, 7) is 1.78. The van der Waals surface area contributed by atoms with Gasteiger partial charge in [-0.15, -0.1) is 0 Å². The topological polar surface area (TPSA) is 111 Å². The molecule has 1 aromatic carbocycles. The third kappa shape index (κ3) is 3.56. The number of benzene rings is 1. The van der Waals surface area contributed by atoms with Gasteiger partial charge in [-0.05, 0) is 42.2 Å². The number of nitrogens with zero attached hydrogens (tertiary/aromatic N) is 6. The molecular formula is C21H20BrN9. The van der Waals surface area contributed by atoms with Crippen LogP contribution < -0.4 is 10.2 Å². The molecule has 0 amide bonds. The summed E-state index contributed by atoms with van der Waals surface area (Å²) < 4.78 is 1.12. The van der Waals surface area contributed by atoms with Gasteiger partial charge in [0.1, 0.15) is 11.5 Å². The average Bonchev–Trinajstić information content (AvgIpc) is 3.48. The standard InChI is InChI=1S/C21H20BrN9/c22-15-2-1-12-6-16(7-13(12)5-15)26-21-23-4-3-17(27-21)20-24-9-19(28-20)31-10-14(11-31)18-8-25-30-29-18/h1-5,8-9,14,16H,6-7,10-11H2,(H,24,28)(H,23,26,27)(H,25,29,30). The monoisotopic (exact) mass is 477 g/mol. The van der Waals surface area contributed by atoms with Crippen molar-refractivity contribution in [2.24, 2.45) is 0 Å². The molecule has 0 spiro atoms. The number of aromatic nitrogens is 7. The number of H-pyrrole nitrogens is 2. The number of fused-ring (bicyclic) bond motifs is 1. The van der Waals surface area contributed by atoms with Gasteiger partial charge in [0.05, 0.1) is 18.1 Å². The molecule has 0 bridgehead atoms. The lowest BCUT2D eigenvalue weighted by atomic mass is 9.97. The molecule has 6 rings (SSSR count). The van der Waals surface area contributed by atoms with E-state index in [0.29, 0.717) is 17.9 Å². The number of aromatic amines is 2. The minimum absolute atomic E-state index is 0.293. The van der Waals surface area contributed by atoms with Crippen LogP contribution in [-0.4, -0.2) is 54.5 Å². The van der Waals surface area contributed by atoms with E-state index in [9.17, 15) is 0 Å². The Hall–Kier alpha value is -3.27. The Morgan fingerprint density at radius 1 is 1.06 bits per heavy atom. The molecule has 0 saturated carbocycles. The molecular weight excluding hydrogens is 458 g/mol. The molecule has 2 aliphatic rings. The Morgan fingerprint density at radius 3 is 2.84 bits per heavy atom. The summed E-state index contributed by atoms with van der Waals surface area (Å²) in [7, 11) is 0. The molecule has 0 radical (unpaired) electrons. The van der Waals surface area contributed by atoms with Crippen molar-refractivity contribution in [1.82, 2.24) is 35.3 Å². The van der Waals surface area contributed by atoms with Gasteiger partial charge in [-0.3, -0.25) is 0 Å². The first-order valence-corrected chi connectivity index (χ1v) is 11.0. The van der Waals surface area contributed by atoms with Crippen molar-refractivity contribution in [3.63, 3.8) is 0 Å². The molecule has 1 aliphatic carbocycles. The van der Waals surface area contributed by atoms with Crippen LogP contribution in [0.4, 0.5) is 11.8 Å². The Labute approximate surface area is 186 Å². The van der Waals surface area contributed by atoms with Crippen molar-refractivity contribution in [1.29, 1.82) is 0 Å². The van der Waals surface area contributed by atoms with Gasteiger partial charge in [0.25, 0.3) is 0 Å². The number of halogens is 1. The fourth-order valence-electron chi connectivity index (χ4n) is 4.30. The number of hydrogen-bond acceptors (Lipinski definition) is 7. The zero-order valence-electron chi connectivity index (χ0n) is 16.6. The smallest absolute Gasteiger partial charge is 0.223 e. The number of rotatable bonds is 5. The van der Waals surface area contributed by atoms with Gasteiger partial charge in [0.15, 0.2) is 5.82 Å². The molecule has 1 saturated heterocycles. The summed E-state index contributed by atoms with van der Waals surface area (Å²) in [5, 5.41) is 14.2. The highest BCUT2D eigenvalue weighted by atomic mass is 79.9. The second-order valence-corrected chi connectivity index (χ2v) is 8.96. The van der Waals surface area contributed by atoms with Crippen LogP contribution in [-0.2, 0) is 12.8 Å². The molecule has 3 aromatic heterocycles. The number of anilines is 2. The molecule has 9 nitrogen and oxygen atoms in total. The van der Waals surface area contributed by atoms with E-state index in [2.05, 4.69) is 74.7 Å². The van der Waals surface area contributed by atoms with Crippen LogP contribution in [0.3, 0.4) is 0 Å². The second kappa shape index (κ2) is 7.45. The Bertz CT molecular complexity index is 1210. The largest absolute Gasteiger partial charge is 0.355 e. The van der Waals surface area contributed by atoms with Crippen LogP contribution in [0.15, 0.2) is 47.3 Å². The van der Waals surface area contributed by atoms with Gasteiger partial charge in [-0.25, -0.2) is 15.0 Å². The summed E-state index contributed by atoms with van der Waals surface area (Å²) in [6.07, 6.45) is 7.36. The second-order valence-electron chi connectivity index (χ2n) is 8.04. The minimum atomic E-state index is 0.293. The lowest BCUT2D eigenvalue weighted by molar-refractivity contribution is 0.509. The van der Waals surface area contributed by atoms with E-state index in [1.807, 2.05) is 12.3 Å². The predicted molar refractivity (Wildman–Crippen MR) is 120 cm³/mol. The van der Waals surface area contributed by atoms with Crippen LogP contribution >= 0.6 is 15.9 Å². The first-order chi connectivity index (χ1) is 15.2. The fourth-order valence-corrected chi connectivity index (χ4v) is 4.71. The molecule has 1 atom stereocenters. The van der Waals surface area contributed by atoms with Crippen molar-refractivity contribution in [3.05, 3.63) is 64.1 Å². The van der Waals surface area contributed by atoms with Gasteiger partial charge < -0.3 is 15.2 Å². The Kier molecular flexibility index (Phi) is 4.45. The summed E-state index contributed by atoms with van der Waals surface area (Å²) >= 11 is 3.56. The van der Waals surface area contributed by atoms with Gasteiger partial charge in [0, 0.05) is 35.7 Å². The predicted octanol–water partition coefficient (Wildman–Crippen LogP) is 2.93. The number of imidazole rings is 1. The van der Waals surface area contributed by atoms with Crippen molar-refractivity contribution in [2.75, 3.05) is 23.3 Å². The van der Waals surface area contributed by atoms with Gasteiger partial charge in [-0.1, -0.05) is 22.0 Å². The molecule has 1 unspecified atom stereocenters. The zero-order chi connectivity index (χ0) is 20.8. The highest BCUT2D eigenvalue weighted by Crippen LogP contribution is 2.30. The molecule has 31 heavy (non-hydrogen) atoms. The van der Waals surface area contributed by atoms with Crippen molar-refractivity contribution < 1.29 is 0 Å². The van der Waals surface area contributed by atoms with Crippen LogP contribution in [0.2, 0.25) is 0 Å². The van der Waals surface area contributed by atoms with E-state index in [0.717, 1.165) is 53.4 Å². The minimum Gasteiger partial charge on any atom is -0.355 e. The average molecular weight is 478 g/mol. The third-order valence-electron chi connectivity index (χ3n) is 5.97. The Morgan fingerprint density at radius 2 is 1.97 bits per heavy atom. The first-order valence-electron chi connectivity index (χ1n) is 10.2. The normalized spacial score (nSPS) is 18.1. The molecule has 3 N–H and O–H groups in total. The Balaban J connectivity index is 1.13. The summed E-state index contributed by atoms with van der Waals surface area (Å²) in [5.41, 5.74) is 4.53. The van der Waals surface area contributed by atoms with Crippen LogP contribution in [0.1, 0.15) is 22.7 Å². The van der Waals surface area contributed by atoms with Crippen molar-refractivity contribution >= 4 is 27.7 Å². The molecule has 10 heteroatoms. The lowest BCUT2D eigenvalue weighted by Gasteiger charge is -2.38. The van der Waals surface area contributed by atoms with E-state index in [1.54, 1.807) is 12.4 Å². The molecule has 4 heterocycles. The highest BCUT2D eigenvalue weighted by Gasteiger charge is 2.31. The SMILES string of the molecule is Brc1ccc2c(c1)CC(Nc1nccc(-c3ncc(N4CC(c5cn[nH]n5)C4)[nH]3)n1)C2. The molecule has 1 fully saturated rings. The summed E-state index contributed by atoms with van der Waals surface area (Å²) in [5.74, 6) is 2.75. The van der Waals surface area contributed by atoms with E-state index in [4.69, 9.17) is 4.98 Å². The maximum atomic E-state index is 4.69. The number of hydrogen-bond donors (Lipinski definition) is 3. The highest BCUT2D eigenvalue weighted by molar-refractivity contribution is 9.10. The molecule has 4 aromatic rings. The summed E-state index contributed by atoms with van der Waals surface area (Å²) in [6, 6.07) is 8.65. The lowest BCUT2D eigenvalue weighted by Crippen LogP contribution is -2.45. The quantitative estimate of drug-likeness (QED) is 0.405. The van der Waals surface area contributed by atoms with Crippen molar-refractivity contribution in [3.8, 4) is 11.5 Å². The van der Waals surface area contributed by atoms with E-state index in [-0.39, 0.29) is 0 Å². The summed E-state index contributed by atoms with van der Waals surface area (Å²) in [4.78, 5) is 19.3. The maximum absolute atomic E-state index is 4.69. The zero-order valence-corrected chi connectivity index (χ0v) is 18.2.